The SMILES string of the molecule is CC(O)CCCNc1ccc(Br)cc1C(F)(F)F. The molecule has 0 aromatic heterocycles. The molecule has 0 radical (unpaired) electrons. The molecule has 102 valence electrons. The van der Waals surface area contributed by atoms with Gasteiger partial charge in [-0.05, 0) is 38.0 Å². The Morgan fingerprint density at radius 1 is 1.39 bits per heavy atom. The summed E-state index contributed by atoms with van der Waals surface area (Å²) in [6.45, 7) is 2.05. The van der Waals surface area contributed by atoms with Crippen LogP contribution < -0.4 is 5.32 Å². The average molecular weight is 326 g/mol. The van der Waals surface area contributed by atoms with Crippen molar-refractivity contribution in [2.24, 2.45) is 0 Å². The van der Waals surface area contributed by atoms with Crippen LogP contribution in [0.25, 0.3) is 0 Å². The third kappa shape index (κ3) is 4.86. The summed E-state index contributed by atoms with van der Waals surface area (Å²) in [5.41, 5.74) is -0.620. The minimum atomic E-state index is -4.38. The lowest BCUT2D eigenvalue weighted by Crippen LogP contribution is -2.12. The highest BCUT2D eigenvalue weighted by Crippen LogP contribution is 2.36. The Bertz CT molecular complexity index is 393. The highest BCUT2D eigenvalue weighted by atomic mass is 79.9. The van der Waals surface area contributed by atoms with Gasteiger partial charge in [0.05, 0.1) is 11.7 Å². The molecule has 1 atom stereocenters. The van der Waals surface area contributed by atoms with E-state index in [-0.39, 0.29) is 5.69 Å². The second kappa shape index (κ2) is 6.43. The maximum absolute atomic E-state index is 12.8. The minimum absolute atomic E-state index is 0.0660. The van der Waals surface area contributed by atoms with Crippen molar-refractivity contribution in [2.45, 2.75) is 32.0 Å². The zero-order valence-corrected chi connectivity index (χ0v) is 11.5. The van der Waals surface area contributed by atoms with Gasteiger partial charge >= 0.3 is 6.18 Å². The Morgan fingerprint density at radius 2 is 2.06 bits per heavy atom. The molecule has 18 heavy (non-hydrogen) atoms. The van der Waals surface area contributed by atoms with Crippen LogP contribution in [0.15, 0.2) is 22.7 Å². The number of hydrogen-bond acceptors (Lipinski definition) is 2. The third-order valence-corrected chi connectivity index (χ3v) is 2.89. The normalized spacial score (nSPS) is 13.4. The first-order valence-electron chi connectivity index (χ1n) is 5.59. The smallest absolute Gasteiger partial charge is 0.393 e. The molecule has 0 amide bonds. The summed E-state index contributed by atoms with van der Waals surface area (Å²) in [5, 5.41) is 11.8. The summed E-state index contributed by atoms with van der Waals surface area (Å²) < 4.78 is 38.7. The lowest BCUT2D eigenvalue weighted by atomic mass is 10.1. The molecule has 0 saturated carbocycles. The van der Waals surface area contributed by atoms with Gasteiger partial charge < -0.3 is 10.4 Å². The number of nitrogens with one attached hydrogen (secondary N) is 1. The van der Waals surface area contributed by atoms with E-state index < -0.39 is 17.8 Å². The van der Waals surface area contributed by atoms with Crippen LogP contribution in [0.4, 0.5) is 18.9 Å². The molecule has 0 bridgehead atoms. The van der Waals surface area contributed by atoms with Gasteiger partial charge in [-0.15, -0.1) is 0 Å². The molecule has 0 aliphatic rings. The van der Waals surface area contributed by atoms with Crippen LogP contribution >= 0.6 is 15.9 Å². The molecule has 1 unspecified atom stereocenters. The molecular weight excluding hydrogens is 311 g/mol. The molecule has 0 spiro atoms. The van der Waals surface area contributed by atoms with Crippen molar-refractivity contribution in [3.05, 3.63) is 28.2 Å². The lowest BCUT2D eigenvalue weighted by Gasteiger charge is -2.15. The highest BCUT2D eigenvalue weighted by Gasteiger charge is 2.33. The molecule has 2 nitrogen and oxygen atoms in total. The van der Waals surface area contributed by atoms with Crippen LogP contribution in [0.1, 0.15) is 25.3 Å². The largest absolute Gasteiger partial charge is 0.418 e. The summed E-state index contributed by atoms with van der Waals surface area (Å²) in [6.07, 6.45) is -3.63. The molecule has 0 heterocycles. The van der Waals surface area contributed by atoms with Crippen molar-refractivity contribution in [3.8, 4) is 0 Å². The van der Waals surface area contributed by atoms with Crippen molar-refractivity contribution in [1.82, 2.24) is 0 Å². The lowest BCUT2D eigenvalue weighted by molar-refractivity contribution is -0.137. The fourth-order valence-corrected chi connectivity index (χ4v) is 1.89. The van der Waals surface area contributed by atoms with Gasteiger partial charge in [0.15, 0.2) is 0 Å². The van der Waals surface area contributed by atoms with Crippen LogP contribution in [0.3, 0.4) is 0 Å². The maximum Gasteiger partial charge on any atom is 0.418 e. The predicted molar refractivity (Wildman–Crippen MR) is 68.5 cm³/mol. The van der Waals surface area contributed by atoms with E-state index in [9.17, 15) is 13.2 Å². The molecule has 2 N–H and O–H groups in total. The van der Waals surface area contributed by atoms with Crippen molar-refractivity contribution in [1.29, 1.82) is 0 Å². The molecule has 6 heteroatoms. The number of aliphatic hydroxyl groups is 1. The van der Waals surface area contributed by atoms with E-state index in [2.05, 4.69) is 21.2 Å². The van der Waals surface area contributed by atoms with E-state index in [0.717, 1.165) is 6.07 Å². The molecular formula is C12H15BrF3NO. The van der Waals surface area contributed by atoms with E-state index in [4.69, 9.17) is 5.11 Å². The van der Waals surface area contributed by atoms with Crippen LogP contribution in [-0.4, -0.2) is 17.8 Å². The van der Waals surface area contributed by atoms with Crippen LogP contribution in [-0.2, 0) is 6.18 Å². The van der Waals surface area contributed by atoms with Crippen molar-refractivity contribution in [3.63, 3.8) is 0 Å². The van der Waals surface area contributed by atoms with Gasteiger partial charge in [0.25, 0.3) is 0 Å². The summed E-state index contributed by atoms with van der Waals surface area (Å²) in [6, 6.07) is 4.01. The zero-order chi connectivity index (χ0) is 13.8. The highest BCUT2D eigenvalue weighted by molar-refractivity contribution is 9.10. The van der Waals surface area contributed by atoms with E-state index >= 15 is 0 Å². The fourth-order valence-electron chi connectivity index (χ4n) is 1.53. The first kappa shape index (κ1) is 15.3. The van der Waals surface area contributed by atoms with Crippen molar-refractivity contribution >= 4 is 21.6 Å². The Hall–Kier alpha value is -0.750. The van der Waals surface area contributed by atoms with E-state index in [0.29, 0.717) is 23.9 Å². The quantitative estimate of drug-likeness (QED) is 0.801. The number of halogens is 4. The van der Waals surface area contributed by atoms with Gasteiger partial charge in [0.2, 0.25) is 0 Å². The summed E-state index contributed by atoms with van der Waals surface area (Å²) in [4.78, 5) is 0. The fraction of sp³-hybridized carbons (Fsp3) is 0.500. The second-order valence-corrected chi connectivity index (χ2v) is 5.02. The summed E-state index contributed by atoms with van der Waals surface area (Å²) in [5.74, 6) is 0. The number of benzene rings is 1. The summed E-state index contributed by atoms with van der Waals surface area (Å²) >= 11 is 3.03. The Labute approximate surface area is 112 Å². The molecule has 0 aliphatic heterocycles. The Morgan fingerprint density at radius 3 is 2.61 bits per heavy atom. The van der Waals surface area contributed by atoms with Crippen LogP contribution in [0.5, 0.6) is 0 Å². The number of anilines is 1. The third-order valence-electron chi connectivity index (χ3n) is 2.40. The number of hydrogen-bond donors (Lipinski definition) is 2. The number of rotatable bonds is 5. The second-order valence-electron chi connectivity index (χ2n) is 4.11. The molecule has 0 fully saturated rings. The van der Waals surface area contributed by atoms with Gasteiger partial charge in [0, 0.05) is 16.7 Å². The average Bonchev–Trinajstić information content (AvgIpc) is 2.24. The van der Waals surface area contributed by atoms with Crippen LogP contribution in [0.2, 0.25) is 0 Å². The van der Waals surface area contributed by atoms with Gasteiger partial charge in [-0.3, -0.25) is 0 Å². The van der Waals surface area contributed by atoms with Gasteiger partial charge in [-0.2, -0.15) is 13.2 Å². The van der Waals surface area contributed by atoms with Gasteiger partial charge in [-0.1, -0.05) is 15.9 Å². The Kier molecular flexibility index (Phi) is 5.47. The standard InChI is InChI=1S/C12H15BrF3NO/c1-8(18)3-2-6-17-11-5-4-9(13)7-10(11)12(14,15)16/h4-5,7-8,17-18H,2-3,6H2,1H3. The Balaban J connectivity index is 2.70. The number of alkyl halides is 3. The van der Waals surface area contributed by atoms with Gasteiger partial charge in [0.1, 0.15) is 0 Å². The molecule has 1 aromatic carbocycles. The number of aliphatic hydroxyl groups excluding tert-OH is 1. The molecule has 0 aliphatic carbocycles. The zero-order valence-electron chi connectivity index (χ0n) is 9.89. The van der Waals surface area contributed by atoms with E-state index in [1.165, 1.54) is 6.07 Å². The monoisotopic (exact) mass is 325 g/mol. The van der Waals surface area contributed by atoms with Crippen molar-refractivity contribution < 1.29 is 18.3 Å². The van der Waals surface area contributed by atoms with E-state index in [1.807, 2.05) is 0 Å². The molecule has 1 rings (SSSR count). The maximum atomic E-state index is 12.8. The summed E-state index contributed by atoms with van der Waals surface area (Å²) in [7, 11) is 0. The van der Waals surface area contributed by atoms with E-state index in [1.54, 1.807) is 13.0 Å². The first-order chi connectivity index (χ1) is 8.30. The molecule has 0 saturated heterocycles. The van der Waals surface area contributed by atoms with Crippen LogP contribution in [0, 0.1) is 0 Å². The topological polar surface area (TPSA) is 32.3 Å². The first-order valence-corrected chi connectivity index (χ1v) is 6.38. The molecule has 1 aromatic rings. The van der Waals surface area contributed by atoms with Gasteiger partial charge in [-0.25, -0.2) is 0 Å². The minimum Gasteiger partial charge on any atom is -0.393 e. The van der Waals surface area contributed by atoms with Crippen molar-refractivity contribution in [2.75, 3.05) is 11.9 Å². The predicted octanol–water partition coefficient (Wildman–Crippen LogP) is 4.04.